The molecule has 0 aromatic heterocycles. The van der Waals surface area contributed by atoms with Crippen molar-refractivity contribution in [3.05, 3.63) is 48.0 Å². The largest absolute Gasteiger partial charge is 0.409 e. The van der Waals surface area contributed by atoms with Crippen LogP contribution < -0.4 is 5.32 Å². The van der Waals surface area contributed by atoms with Crippen LogP contribution in [0.3, 0.4) is 0 Å². The average Bonchev–Trinajstić information content (AvgIpc) is 3.37. The summed E-state index contributed by atoms with van der Waals surface area (Å²) < 4.78 is 9.91. The third-order valence-corrected chi connectivity index (χ3v) is 5.44. The number of nitrogens with one attached hydrogen (secondary N) is 1. The first-order valence-corrected chi connectivity index (χ1v) is 14.3. The number of methoxy groups -OCH3 is 1. The van der Waals surface area contributed by atoms with E-state index in [1.54, 1.807) is 34.1 Å². The maximum Gasteiger partial charge on any atom is 0.228 e. The smallest absolute Gasteiger partial charge is 0.228 e. The second-order valence-electron chi connectivity index (χ2n) is 9.72. The molecule has 1 heterocycles. The molecule has 3 N–H and O–H groups in total. The minimum atomic E-state index is -0.796. The van der Waals surface area contributed by atoms with Gasteiger partial charge in [0.15, 0.2) is 5.84 Å². The van der Waals surface area contributed by atoms with Crippen molar-refractivity contribution in [3.63, 3.8) is 0 Å². The Morgan fingerprint density at radius 1 is 1.17 bits per heavy atom. The Bertz CT molecular complexity index is 827. The van der Waals surface area contributed by atoms with Crippen molar-refractivity contribution in [2.75, 3.05) is 14.2 Å². The Hall–Kier alpha value is -2.88. The fraction of sp³-hybridized carbons (Fsp3) is 0.625. The summed E-state index contributed by atoms with van der Waals surface area (Å²) in [5, 5.41) is 21.9. The number of carbonyl (C=O) groups excluding carboxylic acids is 3. The Morgan fingerprint density at radius 2 is 1.73 bits per heavy atom. The van der Waals surface area contributed by atoms with Gasteiger partial charge in [-0.2, -0.15) is 0 Å². The molecule has 9 nitrogen and oxygen atoms in total. The standard InChI is InChI=1S/C9H16N2O2.C9H10O.C9H18O.C3H6O2.C2H6O/c1-4-6-8(11-13)10-9(12)7(3)5-2;1-8(10)7-9-5-3-2-4-6-9;1-3-4-5-9-7-6-8(2)10-9;1-3(5)2-4;1-3-2/h4,6-7,13H,5H2,1-3H3,(H,10,11,12);2-6H,7H2,1H3;8-9H,3-7H2,1-2H3;2-3,5H,1H3;1-2H3/b6-4-;;;;. The van der Waals surface area contributed by atoms with E-state index < -0.39 is 6.10 Å². The number of hydrogen-bond donors (Lipinski definition) is 3. The third-order valence-electron chi connectivity index (χ3n) is 5.44. The predicted octanol–water partition coefficient (Wildman–Crippen LogP) is 5.90. The zero-order valence-electron chi connectivity index (χ0n) is 26.8. The molecule has 0 aliphatic carbocycles. The average molecular weight is 581 g/mol. The van der Waals surface area contributed by atoms with E-state index in [1.165, 1.54) is 45.1 Å². The van der Waals surface area contributed by atoms with Crippen LogP contribution in [0.25, 0.3) is 0 Å². The van der Waals surface area contributed by atoms with Gasteiger partial charge in [0, 0.05) is 26.6 Å². The van der Waals surface area contributed by atoms with E-state index >= 15 is 0 Å². The molecule has 1 amide bonds. The van der Waals surface area contributed by atoms with Crippen molar-refractivity contribution in [3.8, 4) is 0 Å². The highest BCUT2D eigenvalue weighted by Gasteiger charge is 2.20. The lowest BCUT2D eigenvalue weighted by atomic mass is 10.1. The quantitative estimate of drug-likeness (QED) is 0.109. The number of nitrogens with zero attached hydrogens (tertiary/aromatic N) is 1. The van der Waals surface area contributed by atoms with Gasteiger partial charge in [0.1, 0.15) is 18.2 Å². The summed E-state index contributed by atoms with van der Waals surface area (Å²) in [5.74, 6) is 0.189. The van der Waals surface area contributed by atoms with Crippen LogP contribution in [-0.4, -0.2) is 66.7 Å². The number of hydrogen-bond acceptors (Lipinski definition) is 8. The highest BCUT2D eigenvalue weighted by Crippen LogP contribution is 2.22. The number of ketones is 1. The second-order valence-corrected chi connectivity index (χ2v) is 9.72. The number of aldehydes is 1. The number of oxime groups is 1. The number of Topliss-reactive ketones (excluding diaryl/α,β-unsaturated/α-hetero) is 1. The van der Waals surface area contributed by atoms with Gasteiger partial charge in [-0.15, -0.1) is 0 Å². The number of unbranched alkanes of at least 4 members (excludes halogenated alkanes) is 1. The van der Waals surface area contributed by atoms with E-state index in [2.05, 4.69) is 29.1 Å². The summed E-state index contributed by atoms with van der Waals surface area (Å²) in [5.41, 5.74) is 1.09. The van der Waals surface area contributed by atoms with Crippen molar-refractivity contribution in [2.24, 2.45) is 11.1 Å². The Kier molecular flexibility index (Phi) is 31.3. The number of allylic oxidation sites excluding steroid dienone is 1. The Balaban J connectivity index is -0.000000470. The molecule has 4 unspecified atom stereocenters. The van der Waals surface area contributed by atoms with E-state index in [0.29, 0.717) is 24.9 Å². The van der Waals surface area contributed by atoms with E-state index in [1.807, 2.05) is 44.2 Å². The molecular formula is C32H56N2O7. The van der Waals surface area contributed by atoms with Gasteiger partial charge in [-0.1, -0.05) is 75.2 Å². The molecule has 4 atom stereocenters. The lowest BCUT2D eigenvalue weighted by Crippen LogP contribution is -2.33. The molecule has 41 heavy (non-hydrogen) atoms. The van der Waals surface area contributed by atoms with Gasteiger partial charge in [-0.3, -0.25) is 9.59 Å². The van der Waals surface area contributed by atoms with Crippen LogP contribution >= 0.6 is 0 Å². The van der Waals surface area contributed by atoms with Gasteiger partial charge >= 0.3 is 0 Å². The van der Waals surface area contributed by atoms with E-state index in [-0.39, 0.29) is 23.4 Å². The number of amides is 1. The number of ether oxygens (including phenoxy) is 2. The first-order chi connectivity index (χ1) is 19.4. The van der Waals surface area contributed by atoms with Crippen molar-refractivity contribution in [1.29, 1.82) is 0 Å². The summed E-state index contributed by atoms with van der Waals surface area (Å²) in [6, 6.07) is 9.75. The minimum absolute atomic E-state index is 0.0676. The zero-order valence-corrected chi connectivity index (χ0v) is 26.8. The van der Waals surface area contributed by atoms with Gasteiger partial charge in [0.2, 0.25) is 5.91 Å². The molecule has 1 aromatic rings. The van der Waals surface area contributed by atoms with Gasteiger partial charge in [0.25, 0.3) is 0 Å². The molecule has 9 heteroatoms. The van der Waals surface area contributed by atoms with Gasteiger partial charge in [-0.05, 0) is 65.0 Å². The molecular weight excluding hydrogens is 524 g/mol. The van der Waals surface area contributed by atoms with Crippen molar-refractivity contribution in [2.45, 2.75) is 112 Å². The molecule has 236 valence electrons. The maximum absolute atomic E-state index is 11.3. The number of aliphatic hydroxyl groups is 1. The molecule has 1 fully saturated rings. The first kappa shape index (κ1) is 42.6. The Labute approximate surface area is 248 Å². The number of rotatable bonds is 9. The SMILES string of the molecule is C/C=C\C(=N/O)NC(=O)C(C)CC.CC(=O)Cc1ccccc1.CC(O)C=O.CCCCC1CCC(C)O1.COC. The highest BCUT2D eigenvalue weighted by molar-refractivity contribution is 6.04. The summed E-state index contributed by atoms with van der Waals surface area (Å²) in [6.45, 7) is 12.9. The van der Waals surface area contributed by atoms with Crippen molar-refractivity contribution >= 4 is 23.8 Å². The summed E-state index contributed by atoms with van der Waals surface area (Å²) in [6.07, 6.45) is 11.8. The van der Waals surface area contributed by atoms with Crippen LogP contribution in [0, 0.1) is 5.92 Å². The molecule has 1 aliphatic heterocycles. The van der Waals surface area contributed by atoms with E-state index in [9.17, 15) is 14.4 Å². The highest BCUT2D eigenvalue weighted by atomic mass is 16.5. The van der Waals surface area contributed by atoms with Crippen LogP contribution in [0.5, 0.6) is 0 Å². The van der Waals surface area contributed by atoms with Crippen LogP contribution in [-0.2, 0) is 30.3 Å². The molecule has 1 saturated heterocycles. The van der Waals surface area contributed by atoms with Crippen LogP contribution in [0.15, 0.2) is 47.6 Å². The van der Waals surface area contributed by atoms with Gasteiger partial charge < -0.3 is 29.9 Å². The third kappa shape index (κ3) is 29.9. The summed E-state index contributed by atoms with van der Waals surface area (Å²) in [7, 11) is 3.25. The van der Waals surface area contributed by atoms with Crippen molar-refractivity contribution < 1.29 is 34.2 Å². The molecule has 1 aromatic carbocycles. The van der Waals surface area contributed by atoms with Crippen LogP contribution in [0.2, 0.25) is 0 Å². The number of amidine groups is 1. The van der Waals surface area contributed by atoms with Crippen LogP contribution in [0.4, 0.5) is 0 Å². The van der Waals surface area contributed by atoms with E-state index in [4.69, 9.17) is 15.1 Å². The fourth-order valence-corrected chi connectivity index (χ4v) is 3.11. The summed E-state index contributed by atoms with van der Waals surface area (Å²) in [4.78, 5) is 31.1. The zero-order chi connectivity index (χ0) is 32.1. The number of aliphatic hydroxyl groups excluding tert-OH is 1. The predicted molar refractivity (Wildman–Crippen MR) is 166 cm³/mol. The van der Waals surface area contributed by atoms with Crippen molar-refractivity contribution in [1.82, 2.24) is 5.32 Å². The maximum atomic E-state index is 11.3. The first-order valence-electron chi connectivity index (χ1n) is 14.3. The van der Waals surface area contributed by atoms with E-state index in [0.717, 1.165) is 12.0 Å². The fourth-order valence-electron chi connectivity index (χ4n) is 3.11. The molecule has 0 spiro atoms. The molecule has 0 saturated carbocycles. The molecule has 1 aliphatic rings. The van der Waals surface area contributed by atoms with Crippen LogP contribution in [0.1, 0.15) is 92.6 Å². The molecule has 0 bridgehead atoms. The topological polar surface area (TPSA) is 135 Å². The monoisotopic (exact) mass is 580 g/mol. The normalized spacial score (nSPS) is 17.1. The molecule has 2 rings (SSSR count). The second kappa shape index (κ2) is 30.1. The minimum Gasteiger partial charge on any atom is -0.409 e. The lowest BCUT2D eigenvalue weighted by molar-refractivity contribution is -0.123. The van der Waals surface area contributed by atoms with Gasteiger partial charge in [-0.25, -0.2) is 0 Å². The number of carbonyl (C=O) groups is 3. The Morgan fingerprint density at radius 3 is 2.10 bits per heavy atom. The summed E-state index contributed by atoms with van der Waals surface area (Å²) >= 11 is 0. The molecule has 0 radical (unpaired) electrons. The van der Waals surface area contributed by atoms with Gasteiger partial charge in [0.05, 0.1) is 12.2 Å². The number of benzene rings is 1. The lowest BCUT2D eigenvalue weighted by Gasteiger charge is -2.08.